The largest absolute Gasteiger partial charge is 0.484 e. The molecule has 0 unspecified atom stereocenters. The minimum absolute atomic E-state index is 0.212. The molecule has 2 rings (SSSR count). The highest BCUT2D eigenvalue weighted by molar-refractivity contribution is 5.95. The van der Waals surface area contributed by atoms with Crippen LogP contribution >= 0.6 is 0 Å². The van der Waals surface area contributed by atoms with Crippen molar-refractivity contribution >= 4 is 17.3 Å². The molecule has 0 aliphatic heterocycles. The summed E-state index contributed by atoms with van der Waals surface area (Å²) in [6.45, 7) is 3.30. The first-order valence-electron chi connectivity index (χ1n) is 6.51. The van der Waals surface area contributed by atoms with Crippen LogP contribution in [0.4, 0.5) is 15.8 Å². The Morgan fingerprint density at radius 1 is 1.24 bits per heavy atom. The molecular formula is C16H17FN2O2. The highest BCUT2D eigenvalue weighted by Crippen LogP contribution is 2.22. The molecule has 0 fully saturated rings. The summed E-state index contributed by atoms with van der Waals surface area (Å²) in [5, 5.41) is 2.69. The second kappa shape index (κ2) is 6.26. The van der Waals surface area contributed by atoms with Crippen LogP contribution in [0, 0.1) is 19.7 Å². The van der Waals surface area contributed by atoms with Crippen molar-refractivity contribution < 1.29 is 13.9 Å². The van der Waals surface area contributed by atoms with Gasteiger partial charge in [0.25, 0.3) is 5.91 Å². The van der Waals surface area contributed by atoms with Crippen LogP contribution in [0.3, 0.4) is 0 Å². The summed E-state index contributed by atoms with van der Waals surface area (Å²) in [6, 6.07) is 9.84. The number of hydrogen-bond donors (Lipinski definition) is 2. The van der Waals surface area contributed by atoms with Gasteiger partial charge in [-0.2, -0.15) is 0 Å². The van der Waals surface area contributed by atoms with E-state index in [1.807, 2.05) is 19.1 Å². The summed E-state index contributed by atoms with van der Waals surface area (Å²) in [5.74, 6) is -0.404. The van der Waals surface area contributed by atoms with E-state index in [4.69, 9.17) is 10.5 Å². The molecule has 0 radical (unpaired) electrons. The molecule has 0 atom stereocenters. The van der Waals surface area contributed by atoms with E-state index in [0.717, 1.165) is 5.56 Å². The second-order valence-corrected chi connectivity index (χ2v) is 4.79. The number of carbonyl (C=O) groups excluding carboxylic acids is 1. The summed E-state index contributed by atoms with van der Waals surface area (Å²) in [4.78, 5) is 11.9. The quantitative estimate of drug-likeness (QED) is 0.850. The molecular weight excluding hydrogens is 271 g/mol. The number of carbonyl (C=O) groups is 1. The molecule has 4 nitrogen and oxygen atoms in total. The maximum absolute atomic E-state index is 13.4. The predicted molar refractivity (Wildman–Crippen MR) is 80.9 cm³/mol. The van der Waals surface area contributed by atoms with Crippen molar-refractivity contribution in [2.24, 2.45) is 0 Å². The monoisotopic (exact) mass is 288 g/mol. The number of ether oxygens (including phenoxy) is 1. The molecule has 21 heavy (non-hydrogen) atoms. The van der Waals surface area contributed by atoms with E-state index in [1.165, 1.54) is 6.07 Å². The average Bonchev–Trinajstić information content (AvgIpc) is 2.44. The highest BCUT2D eigenvalue weighted by atomic mass is 19.1. The fourth-order valence-electron chi connectivity index (χ4n) is 1.85. The minimum atomic E-state index is -0.365. The molecule has 1 amide bonds. The van der Waals surface area contributed by atoms with Crippen molar-refractivity contribution in [1.29, 1.82) is 0 Å². The van der Waals surface area contributed by atoms with Gasteiger partial charge in [0.2, 0.25) is 0 Å². The zero-order valence-corrected chi connectivity index (χ0v) is 11.9. The van der Waals surface area contributed by atoms with E-state index in [1.54, 1.807) is 25.1 Å². The van der Waals surface area contributed by atoms with Gasteiger partial charge in [-0.25, -0.2) is 4.39 Å². The first-order chi connectivity index (χ1) is 9.97. The van der Waals surface area contributed by atoms with Crippen LogP contribution < -0.4 is 15.8 Å². The lowest BCUT2D eigenvalue weighted by molar-refractivity contribution is -0.118. The zero-order chi connectivity index (χ0) is 15.4. The van der Waals surface area contributed by atoms with E-state index < -0.39 is 0 Å². The van der Waals surface area contributed by atoms with Crippen molar-refractivity contribution in [3.8, 4) is 5.75 Å². The zero-order valence-electron chi connectivity index (χ0n) is 11.9. The van der Waals surface area contributed by atoms with Crippen molar-refractivity contribution in [3.63, 3.8) is 0 Å². The number of rotatable bonds is 4. The Labute approximate surface area is 122 Å². The van der Waals surface area contributed by atoms with Crippen LogP contribution in [-0.2, 0) is 4.79 Å². The molecule has 0 saturated heterocycles. The topological polar surface area (TPSA) is 64.3 Å². The number of aryl methyl sites for hydroxylation is 2. The van der Waals surface area contributed by atoms with Crippen LogP contribution in [0.1, 0.15) is 11.1 Å². The third-order valence-electron chi connectivity index (χ3n) is 3.08. The van der Waals surface area contributed by atoms with Crippen molar-refractivity contribution in [2.45, 2.75) is 13.8 Å². The lowest BCUT2D eigenvalue weighted by Gasteiger charge is -2.12. The van der Waals surface area contributed by atoms with E-state index in [0.29, 0.717) is 22.7 Å². The van der Waals surface area contributed by atoms with E-state index in [2.05, 4.69) is 5.32 Å². The van der Waals surface area contributed by atoms with Gasteiger partial charge in [-0.05, 0) is 37.1 Å². The van der Waals surface area contributed by atoms with Crippen LogP contribution in [0.2, 0.25) is 0 Å². The number of amides is 1. The molecule has 2 aromatic rings. The molecule has 0 aromatic heterocycles. The third-order valence-corrected chi connectivity index (χ3v) is 3.08. The number of nitrogens with one attached hydrogen (secondary N) is 1. The molecule has 0 saturated carbocycles. The second-order valence-electron chi connectivity index (χ2n) is 4.79. The molecule has 3 N–H and O–H groups in total. The Morgan fingerprint density at radius 2 is 2.00 bits per heavy atom. The van der Waals surface area contributed by atoms with Gasteiger partial charge in [0, 0.05) is 6.07 Å². The van der Waals surface area contributed by atoms with Gasteiger partial charge in [-0.1, -0.05) is 18.2 Å². The lowest BCUT2D eigenvalue weighted by atomic mass is 10.1. The first kappa shape index (κ1) is 14.8. The van der Waals surface area contributed by atoms with Gasteiger partial charge in [0.1, 0.15) is 11.6 Å². The fraction of sp³-hybridized carbons (Fsp3) is 0.188. The minimum Gasteiger partial charge on any atom is -0.484 e. The maximum atomic E-state index is 13.4. The summed E-state index contributed by atoms with van der Waals surface area (Å²) in [7, 11) is 0. The fourth-order valence-corrected chi connectivity index (χ4v) is 1.85. The average molecular weight is 288 g/mol. The Balaban J connectivity index is 1.97. The van der Waals surface area contributed by atoms with E-state index in [-0.39, 0.29) is 18.3 Å². The Kier molecular flexibility index (Phi) is 4.42. The number of benzene rings is 2. The molecule has 5 heteroatoms. The van der Waals surface area contributed by atoms with Crippen LogP contribution in [0.25, 0.3) is 0 Å². The van der Waals surface area contributed by atoms with Gasteiger partial charge in [-0.15, -0.1) is 0 Å². The highest BCUT2D eigenvalue weighted by Gasteiger charge is 2.09. The number of anilines is 2. The molecule has 0 bridgehead atoms. The summed E-state index contributed by atoms with van der Waals surface area (Å²) in [6.07, 6.45) is 0. The normalized spacial score (nSPS) is 10.2. The number of halogens is 1. The van der Waals surface area contributed by atoms with Crippen LogP contribution in [0.15, 0.2) is 36.4 Å². The Hall–Kier alpha value is -2.56. The molecule has 0 spiro atoms. The van der Waals surface area contributed by atoms with Gasteiger partial charge in [-0.3, -0.25) is 4.79 Å². The van der Waals surface area contributed by atoms with Gasteiger partial charge in [0.05, 0.1) is 11.4 Å². The van der Waals surface area contributed by atoms with Crippen molar-refractivity contribution in [3.05, 3.63) is 53.3 Å². The molecule has 2 aromatic carbocycles. The number of nitrogens with two attached hydrogens (primary N) is 1. The standard InChI is InChI=1S/C16H17FN2O2/c1-10-6-7-12(8-13(10)17)21-9-15(20)19-16-11(2)4-3-5-14(16)18/h3-8H,9,18H2,1-2H3,(H,19,20). The van der Waals surface area contributed by atoms with Crippen molar-refractivity contribution in [2.75, 3.05) is 17.7 Å². The summed E-state index contributed by atoms with van der Waals surface area (Å²) in [5.41, 5.74) is 8.26. The summed E-state index contributed by atoms with van der Waals surface area (Å²) >= 11 is 0. The number of nitrogen functional groups attached to an aromatic ring is 1. The first-order valence-corrected chi connectivity index (χ1v) is 6.51. The van der Waals surface area contributed by atoms with Gasteiger partial charge in [0.15, 0.2) is 6.61 Å². The molecule has 0 aliphatic rings. The SMILES string of the molecule is Cc1ccc(OCC(=O)Nc2c(C)cccc2N)cc1F. The van der Waals surface area contributed by atoms with Gasteiger partial charge >= 0.3 is 0 Å². The Morgan fingerprint density at radius 3 is 2.67 bits per heavy atom. The van der Waals surface area contributed by atoms with Gasteiger partial charge < -0.3 is 15.8 Å². The maximum Gasteiger partial charge on any atom is 0.262 e. The number of para-hydroxylation sites is 1. The molecule has 0 aliphatic carbocycles. The van der Waals surface area contributed by atoms with E-state index >= 15 is 0 Å². The molecule has 110 valence electrons. The van der Waals surface area contributed by atoms with Crippen LogP contribution in [0.5, 0.6) is 5.75 Å². The third kappa shape index (κ3) is 3.72. The lowest BCUT2D eigenvalue weighted by Crippen LogP contribution is -2.21. The van der Waals surface area contributed by atoms with Crippen LogP contribution in [-0.4, -0.2) is 12.5 Å². The Bertz CT molecular complexity index is 651. The number of hydrogen-bond acceptors (Lipinski definition) is 3. The molecule has 0 heterocycles. The van der Waals surface area contributed by atoms with Crippen molar-refractivity contribution in [1.82, 2.24) is 0 Å². The predicted octanol–water partition coefficient (Wildman–Crippen LogP) is 3.04. The van der Waals surface area contributed by atoms with E-state index in [9.17, 15) is 9.18 Å². The smallest absolute Gasteiger partial charge is 0.262 e. The summed E-state index contributed by atoms with van der Waals surface area (Å²) < 4.78 is 18.6.